The first-order valence-electron chi connectivity index (χ1n) is 5.68. The summed E-state index contributed by atoms with van der Waals surface area (Å²) < 4.78 is 16.2. The Hall–Kier alpha value is 0.500. The van der Waals surface area contributed by atoms with Crippen LogP contribution < -0.4 is 0 Å². The van der Waals surface area contributed by atoms with Crippen LogP contribution in [-0.2, 0) is 8.88 Å². The Morgan fingerprint density at radius 1 is 0.875 bits per heavy atom. The summed E-state index contributed by atoms with van der Waals surface area (Å²) >= 11 is 0. The molecule has 0 aliphatic carbocycles. The Morgan fingerprint density at radius 2 is 1.25 bits per heavy atom. The number of hydrogen-bond donors (Lipinski definition) is 3. The first kappa shape index (κ1) is 16.5. The molecule has 0 rings (SSSR count). The fourth-order valence-electron chi connectivity index (χ4n) is 1.86. The molecule has 0 heterocycles. The molecule has 0 spiro atoms. The van der Waals surface area contributed by atoms with Crippen molar-refractivity contribution in [2.24, 2.45) is 0 Å². The van der Waals surface area contributed by atoms with Crippen molar-refractivity contribution in [3.63, 3.8) is 0 Å². The van der Waals surface area contributed by atoms with Crippen LogP contribution in [0.4, 0.5) is 0 Å². The number of aliphatic hydroxyl groups excluding tert-OH is 3. The summed E-state index contributed by atoms with van der Waals surface area (Å²) in [4.78, 5) is 0. The van der Waals surface area contributed by atoms with Crippen molar-refractivity contribution in [1.82, 2.24) is 0 Å². The molecule has 5 nitrogen and oxygen atoms in total. The van der Waals surface area contributed by atoms with E-state index in [1.165, 1.54) is 0 Å². The van der Waals surface area contributed by atoms with E-state index >= 15 is 0 Å². The molecular formula is C9H24O5P2. The Kier molecular flexibility index (Phi) is 11.0. The third kappa shape index (κ3) is 6.95. The zero-order chi connectivity index (χ0) is 12.3. The van der Waals surface area contributed by atoms with Crippen LogP contribution in [0.25, 0.3) is 0 Å². The van der Waals surface area contributed by atoms with Crippen LogP contribution in [0, 0.1) is 0 Å². The van der Waals surface area contributed by atoms with Gasteiger partial charge in [0.25, 0.3) is 0 Å². The maximum atomic E-state index is 10.7. The summed E-state index contributed by atoms with van der Waals surface area (Å²) in [7, 11) is -3.36. The number of hydrogen-bond acceptors (Lipinski definition) is 5. The molecule has 0 radical (unpaired) electrons. The van der Waals surface area contributed by atoms with E-state index in [-0.39, 0.29) is 19.8 Å². The minimum atomic E-state index is -2.11. The molecule has 0 aromatic carbocycles. The van der Waals surface area contributed by atoms with Gasteiger partial charge in [-0.2, -0.15) is 0 Å². The van der Waals surface area contributed by atoms with Gasteiger partial charge in [-0.05, 0) is 0 Å². The molecular weight excluding hydrogens is 250 g/mol. The molecule has 1 unspecified atom stereocenters. The fourth-order valence-corrected chi connectivity index (χ4v) is 7.25. The maximum absolute atomic E-state index is 10.7. The van der Waals surface area contributed by atoms with Gasteiger partial charge in [0.2, 0.25) is 0 Å². The van der Waals surface area contributed by atoms with Gasteiger partial charge in [-0.3, -0.25) is 0 Å². The van der Waals surface area contributed by atoms with E-state index in [4.69, 9.17) is 19.6 Å². The molecule has 7 heteroatoms. The quantitative estimate of drug-likeness (QED) is 0.477. The van der Waals surface area contributed by atoms with Crippen LogP contribution in [-0.4, -0.2) is 53.6 Å². The molecule has 3 N–H and O–H groups in total. The number of aliphatic hydroxyl groups is 3. The van der Waals surface area contributed by atoms with Gasteiger partial charge >= 0.3 is 97.9 Å². The summed E-state index contributed by atoms with van der Waals surface area (Å²) in [6.07, 6.45) is 4.17. The van der Waals surface area contributed by atoms with Gasteiger partial charge < -0.3 is 0 Å². The van der Waals surface area contributed by atoms with Gasteiger partial charge in [0.05, 0.1) is 0 Å². The molecule has 0 aromatic rings. The van der Waals surface area contributed by atoms with E-state index in [0.717, 1.165) is 18.5 Å². The molecule has 0 aliphatic rings. The second kappa shape index (κ2) is 10.6. The summed E-state index contributed by atoms with van der Waals surface area (Å²) in [5.41, 5.74) is 0. The predicted molar refractivity (Wildman–Crippen MR) is 69.5 cm³/mol. The van der Waals surface area contributed by atoms with Crippen molar-refractivity contribution < 1.29 is 24.2 Å². The van der Waals surface area contributed by atoms with Crippen molar-refractivity contribution in [3.05, 3.63) is 0 Å². The average Bonchev–Trinajstić information content (AvgIpc) is 2.31. The predicted octanol–water partition coefficient (Wildman–Crippen LogP) is 0.486. The first-order valence-corrected chi connectivity index (χ1v) is 9.16. The molecule has 100 valence electrons. The molecule has 16 heavy (non-hydrogen) atoms. The number of rotatable bonds is 11. The fraction of sp³-hybridized carbons (Fsp3) is 1.00. The molecule has 0 saturated carbocycles. The SMILES string of the molecule is O=[PH2]O[PH](CCCO)(CCCO)CCCO. The summed E-state index contributed by atoms with van der Waals surface area (Å²) in [6, 6.07) is 0. The van der Waals surface area contributed by atoms with Crippen molar-refractivity contribution in [2.75, 3.05) is 38.3 Å². The van der Waals surface area contributed by atoms with Crippen LogP contribution in [0.1, 0.15) is 19.3 Å². The van der Waals surface area contributed by atoms with Crippen molar-refractivity contribution >= 4 is 16.2 Å². The standard InChI is InChI=1S/C9H24O5P2/c10-4-1-7-16(14-15-13,8-2-5-11)9-3-6-12/h10-12,16H,1-9,15H2. The van der Waals surface area contributed by atoms with Gasteiger partial charge in [-0.25, -0.2) is 0 Å². The van der Waals surface area contributed by atoms with Gasteiger partial charge in [0, 0.05) is 0 Å². The van der Waals surface area contributed by atoms with E-state index in [0.29, 0.717) is 19.3 Å². The van der Waals surface area contributed by atoms with Gasteiger partial charge in [0.15, 0.2) is 0 Å². The molecule has 0 fully saturated rings. The van der Waals surface area contributed by atoms with Crippen molar-refractivity contribution in [1.29, 1.82) is 0 Å². The summed E-state index contributed by atoms with van der Waals surface area (Å²) in [5.74, 6) is 0. The first-order chi connectivity index (χ1) is 7.74. The van der Waals surface area contributed by atoms with Crippen molar-refractivity contribution in [3.8, 4) is 0 Å². The zero-order valence-corrected chi connectivity index (χ0v) is 11.8. The van der Waals surface area contributed by atoms with Gasteiger partial charge in [-0.15, -0.1) is 0 Å². The zero-order valence-electron chi connectivity index (χ0n) is 9.60. The second-order valence-electron chi connectivity index (χ2n) is 3.88. The Morgan fingerprint density at radius 3 is 1.50 bits per heavy atom. The van der Waals surface area contributed by atoms with E-state index in [2.05, 4.69) is 0 Å². The molecule has 0 bridgehead atoms. The molecule has 0 aromatic heterocycles. The Balaban J connectivity index is 4.37. The monoisotopic (exact) mass is 274 g/mol. The topological polar surface area (TPSA) is 87.0 Å². The van der Waals surface area contributed by atoms with Crippen LogP contribution in [0.5, 0.6) is 0 Å². The van der Waals surface area contributed by atoms with Crippen LogP contribution in [0.15, 0.2) is 0 Å². The van der Waals surface area contributed by atoms with E-state index in [1.54, 1.807) is 0 Å². The molecule has 0 amide bonds. The van der Waals surface area contributed by atoms with E-state index < -0.39 is 16.2 Å². The second-order valence-corrected chi connectivity index (χ2v) is 8.88. The molecule has 0 saturated heterocycles. The summed E-state index contributed by atoms with van der Waals surface area (Å²) in [5, 5.41) is 26.5. The van der Waals surface area contributed by atoms with Gasteiger partial charge in [-0.1, -0.05) is 0 Å². The van der Waals surface area contributed by atoms with Crippen LogP contribution in [0.2, 0.25) is 0 Å². The third-order valence-corrected chi connectivity index (χ3v) is 8.85. The Bertz CT molecular complexity index is 158. The summed E-state index contributed by atoms with van der Waals surface area (Å²) in [6.45, 7) is 0.305. The minimum absolute atomic E-state index is 0.102. The average molecular weight is 274 g/mol. The van der Waals surface area contributed by atoms with Gasteiger partial charge in [0.1, 0.15) is 0 Å². The third-order valence-electron chi connectivity index (χ3n) is 2.67. The Labute approximate surface area is 98.5 Å². The van der Waals surface area contributed by atoms with E-state index in [1.807, 2.05) is 0 Å². The normalized spacial score (nSPS) is 13.7. The van der Waals surface area contributed by atoms with Crippen LogP contribution in [0.3, 0.4) is 0 Å². The molecule has 1 atom stereocenters. The molecule has 0 aliphatic heterocycles. The van der Waals surface area contributed by atoms with E-state index in [9.17, 15) is 4.57 Å². The van der Waals surface area contributed by atoms with Crippen LogP contribution >= 0.6 is 16.2 Å². The van der Waals surface area contributed by atoms with Crippen molar-refractivity contribution in [2.45, 2.75) is 19.3 Å².